The van der Waals surface area contributed by atoms with E-state index in [1.54, 1.807) is 29.2 Å². The normalized spacial score (nSPS) is 20.9. The molecule has 2 fully saturated rings. The number of hydrogen-bond acceptors (Lipinski definition) is 6. The fourth-order valence-corrected chi connectivity index (χ4v) is 4.33. The average Bonchev–Trinajstić information content (AvgIpc) is 3.09. The summed E-state index contributed by atoms with van der Waals surface area (Å²) in [5, 5.41) is 11.6. The molecule has 1 unspecified atom stereocenters. The maximum atomic E-state index is 13.1. The van der Waals surface area contributed by atoms with Crippen molar-refractivity contribution in [2.45, 2.75) is 13.0 Å². The first kappa shape index (κ1) is 23.3. The number of likely N-dealkylation sites (tertiary alicyclic amines) is 1. The number of carbonyl (C=O) groups excluding carboxylic acids is 2. The minimum Gasteiger partial charge on any atom is -0.507 e. The molecule has 2 aromatic rings. The van der Waals surface area contributed by atoms with Crippen LogP contribution in [0.15, 0.2) is 54.1 Å². The van der Waals surface area contributed by atoms with Gasteiger partial charge in [-0.2, -0.15) is 0 Å². The molecule has 7 nitrogen and oxygen atoms in total. The van der Waals surface area contributed by atoms with Crippen molar-refractivity contribution in [2.75, 3.05) is 46.0 Å². The summed E-state index contributed by atoms with van der Waals surface area (Å²) in [6.45, 7) is 6.28. The third-order valence-electron chi connectivity index (χ3n) is 5.93. The van der Waals surface area contributed by atoms with E-state index in [0.717, 1.165) is 18.7 Å². The summed E-state index contributed by atoms with van der Waals surface area (Å²) in [5.41, 5.74) is 1.24. The van der Waals surface area contributed by atoms with Crippen molar-refractivity contribution in [3.63, 3.8) is 0 Å². The van der Waals surface area contributed by atoms with Crippen LogP contribution in [-0.2, 0) is 14.3 Å². The molecule has 0 bridgehead atoms. The Morgan fingerprint density at radius 1 is 1.06 bits per heavy atom. The first-order valence-corrected chi connectivity index (χ1v) is 11.4. The molecule has 1 amide bonds. The quantitative estimate of drug-likeness (QED) is 0.379. The van der Waals surface area contributed by atoms with Crippen LogP contribution in [0.2, 0.25) is 5.02 Å². The Bertz CT molecular complexity index is 1030. The Morgan fingerprint density at radius 2 is 1.73 bits per heavy atom. The summed E-state index contributed by atoms with van der Waals surface area (Å²) >= 11 is 5.98. The van der Waals surface area contributed by atoms with Crippen LogP contribution in [-0.4, -0.2) is 72.6 Å². The lowest BCUT2D eigenvalue weighted by molar-refractivity contribution is -0.140. The van der Waals surface area contributed by atoms with Gasteiger partial charge in [-0.05, 0) is 48.9 Å². The minimum absolute atomic E-state index is 0.0773. The number of Topliss-reactive ketones (excluding diaryl/α,β-unsaturated/α-hetero) is 1. The summed E-state index contributed by atoms with van der Waals surface area (Å²) < 4.78 is 10.9. The molecule has 2 heterocycles. The van der Waals surface area contributed by atoms with E-state index >= 15 is 0 Å². The molecule has 4 rings (SSSR count). The Labute approximate surface area is 198 Å². The van der Waals surface area contributed by atoms with Crippen LogP contribution in [0, 0.1) is 0 Å². The highest BCUT2D eigenvalue weighted by molar-refractivity contribution is 6.46. The molecule has 33 heavy (non-hydrogen) atoms. The number of rotatable bonds is 7. The number of carbonyl (C=O) groups is 2. The molecule has 2 aliphatic heterocycles. The van der Waals surface area contributed by atoms with Gasteiger partial charge in [0.05, 0.1) is 31.4 Å². The van der Waals surface area contributed by atoms with Gasteiger partial charge in [-0.3, -0.25) is 14.5 Å². The fourth-order valence-electron chi connectivity index (χ4n) is 4.21. The SMILES string of the molecule is CCOc1ccc(C2/C(=C(\O)c3ccc(Cl)cc3)C(=O)C(=O)N2CCN2CCOCC2)cc1. The van der Waals surface area contributed by atoms with Crippen molar-refractivity contribution in [1.29, 1.82) is 0 Å². The summed E-state index contributed by atoms with van der Waals surface area (Å²) in [5.74, 6) is -0.817. The van der Waals surface area contributed by atoms with Crippen LogP contribution in [0.25, 0.3) is 5.76 Å². The van der Waals surface area contributed by atoms with Gasteiger partial charge in [-0.1, -0.05) is 23.7 Å². The van der Waals surface area contributed by atoms with Gasteiger partial charge in [0.1, 0.15) is 11.5 Å². The molecule has 0 aromatic heterocycles. The second-order valence-corrected chi connectivity index (χ2v) is 8.39. The van der Waals surface area contributed by atoms with E-state index in [1.807, 2.05) is 31.2 Å². The fraction of sp³-hybridized carbons (Fsp3) is 0.360. The minimum atomic E-state index is -0.697. The number of amides is 1. The number of nitrogens with zero attached hydrogens (tertiary/aromatic N) is 2. The van der Waals surface area contributed by atoms with E-state index in [9.17, 15) is 14.7 Å². The molecule has 0 aliphatic carbocycles. The van der Waals surface area contributed by atoms with E-state index in [-0.39, 0.29) is 11.3 Å². The predicted octanol–water partition coefficient (Wildman–Crippen LogP) is 3.49. The molecule has 2 saturated heterocycles. The number of morpholine rings is 1. The van der Waals surface area contributed by atoms with Gasteiger partial charge >= 0.3 is 0 Å². The molecular formula is C25H27ClN2O5. The molecule has 2 aromatic carbocycles. The van der Waals surface area contributed by atoms with E-state index in [4.69, 9.17) is 21.1 Å². The van der Waals surface area contributed by atoms with Crippen LogP contribution in [0.4, 0.5) is 0 Å². The lowest BCUT2D eigenvalue weighted by atomic mass is 9.95. The monoisotopic (exact) mass is 470 g/mol. The second-order valence-electron chi connectivity index (χ2n) is 7.96. The first-order chi connectivity index (χ1) is 16.0. The second kappa shape index (κ2) is 10.4. The standard InChI is InChI=1S/C25H27ClN2O5/c1-2-33-20-9-5-17(6-10-20)22-21(23(29)18-3-7-19(26)8-4-18)24(30)25(31)28(22)12-11-27-13-15-32-16-14-27/h3-10,22,29H,2,11-16H2,1H3/b23-21+. The molecular weight excluding hydrogens is 444 g/mol. The molecule has 2 aliphatic rings. The number of ketones is 1. The van der Waals surface area contributed by atoms with Crippen molar-refractivity contribution in [2.24, 2.45) is 0 Å². The highest BCUT2D eigenvalue weighted by Crippen LogP contribution is 2.39. The first-order valence-electron chi connectivity index (χ1n) is 11.1. The Morgan fingerprint density at radius 3 is 2.36 bits per heavy atom. The lowest BCUT2D eigenvalue weighted by Gasteiger charge is -2.31. The molecule has 8 heteroatoms. The molecule has 0 saturated carbocycles. The van der Waals surface area contributed by atoms with Crippen LogP contribution in [0.5, 0.6) is 5.75 Å². The number of aliphatic hydroxyl groups is 1. The zero-order valence-corrected chi connectivity index (χ0v) is 19.3. The van der Waals surface area contributed by atoms with E-state index in [0.29, 0.717) is 49.2 Å². The van der Waals surface area contributed by atoms with Gasteiger partial charge in [0.25, 0.3) is 11.7 Å². The van der Waals surface area contributed by atoms with E-state index in [2.05, 4.69) is 4.90 Å². The molecule has 0 radical (unpaired) electrons. The van der Waals surface area contributed by atoms with Gasteiger partial charge in [-0.15, -0.1) is 0 Å². The number of benzene rings is 2. The van der Waals surface area contributed by atoms with Crippen LogP contribution < -0.4 is 4.74 Å². The Balaban J connectivity index is 1.71. The number of halogens is 1. The van der Waals surface area contributed by atoms with E-state index in [1.165, 1.54) is 0 Å². The van der Waals surface area contributed by atoms with Crippen LogP contribution in [0.1, 0.15) is 24.1 Å². The van der Waals surface area contributed by atoms with Gasteiger partial charge in [0, 0.05) is 36.8 Å². The van der Waals surface area contributed by atoms with Gasteiger partial charge in [0.15, 0.2) is 0 Å². The van der Waals surface area contributed by atoms with Gasteiger partial charge in [-0.25, -0.2) is 0 Å². The summed E-state index contributed by atoms with van der Waals surface area (Å²) in [6, 6.07) is 13.1. The summed E-state index contributed by atoms with van der Waals surface area (Å²) in [6.07, 6.45) is 0. The Hall–Kier alpha value is -2.87. The smallest absolute Gasteiger partial charge is 0.295 e. The maximum Gasteiger partial charge on any atom is 0.295 e. The van der Waals surface area contributed by atoms with Crippen LogP contribution in [0.3, 0.4) is 0 Å². The molecule has 1 N–H and O–H groups in total. The van der Waals surface area contributed by atoms with E-state index < -0.39 is 17.7 Å². The van der Waals surface area contributed by atoms with Crippen molar-refractivity contribution in [3.05, 3.63) is 70.3 Å². The number of aliphatic hydroxyl groups excluding tert-OH is 1. The Kier molecular flexibility index (Phi) is 7.33. The molecule has 0 spiro atoms. The zero-order chi connectivity index (χ0) is 23.4. The largest absolute Gasteiger partial charge is 0.507 e. The van der Waals surface area contributed by atoms with Gasteiger partial charge in [0.2, 0.25) is 0 Å². The molecule has 174 valence electrons. The molecule has 1 atom stereocenters. The van der Waals surface area contributed by atoms with Crippen LogP contribution >= 0.6 is 11.6 Å². The highest BCUT2D eigenvalue weighted by atomic mass is 35.5. The van der Waals surface area contributed by atoms with Crippen molar-refractivity contribution in [3.8, 4) is 5.75 Å². The maximum absolute atomic E-state index is 13.1. The zero-order valence-electron chi connectivity index (χ0n) is 18.5. The van der Waals surface area contributed by atoms with Crippen molar-refractivity contribution in [1.82, 2.24) is 9.80 Å². The lowest BCUT2D eigenvalue weighted by Crippen LogP contribution is -2.42. The predicted molar refractivity (Wildman–Crippen MR) is 125 cm³/mol. The summed E-state index contributed by atoms with van der Waals surface area (Å²) in [7, 11) is 0. The topological polar surface area (TPSA) is 79.3 Å². The number of ether oxygens (including phenoxy) is 2. The number of hydrogen-bond donors (Lipinski definition) is 1. The third-order valence-corrected chi connectivity index (χ3v) is 6.18. The summed E-state index contributed by atoms with van der Waals surface area (Å²) in [4.78, 5) is 29.9. The average molecular weight is 471 g/mol. The third kappa shape index (κ3) is 5.05. The van der Waals surface area contributed by atoms with Crippen molar-refractivity contribution >= 4 is 29.1 Å². The van der Waals surface area contributed by atoms with Crippen molar-refractivity contribution < 1.29 is 24.2 Å². The highest BCUT2D eigenvalue weighted by Gasteiger charge is 2.46. The van der Waals surface area contributed by atoms with Gasteiger partial charge < -0.3 is 19.5 Å².